The summed E-state index contributed by atoms with van der Waals surface area (Å²) < 4.78 is 4.66. The molecule has 0 saturated carbocycles. The summed E-state index contributed by atoms with van der Waals surface area (Å²) in [5, 5.41) is 0. The number of esters is 1. The lowest BCUT2D eigenvalue weighted by atomic mass is 10.0. The van der Waals surface area contributed by atoms with Gasteiger partial charge in [-0.05, 0) is 0 Å². The highest BCUT2D eigenvalue weighted by Crippen LogP contribution is 2.16. The molecule has 0 saturated heterocycles. The number of aliphatic imine (C=N–C) groups is 1. The lowest BCUT2D eigenvalue weighted by Gasteiger charge is -2.14. The summed E-state index contributed by atoms with van der Waals surface area (Å²) in [6.07, 6.45) is 7.93. The Kier molecular flexibility index (Phi) is 4.09. The number of hydrogen-bond donors (Lipinski definition) is 0. The summed E-state index contributed by atoms with van der Waals surface area (Å²) in [7, 11) is 5.21. The molecule has 0 radical (unpaired) electrons. The monoisotopic (exact) mass is 208 g/mol. The van der Waals surface area contributed by atoms with Gasteiger partial charge in [-0.15, -0.1) is 0 Å². The molecule has 1 unspecified atom stereocenters. The van der Waals surface area contributed by atoms with Crippen molar-refractivity contribution in [2.45, 2.75) is 12.5 Å². The van der Waals surface area contributed by atoms with Gasteiger partial charge in [0.05, 0.1) is 19.5 Å². The summed E-state index contributed by atoms with van der Waals surface area (Å²) in [6.45, 7) is 0. The van der Waals surface area contributed by atoms with Crippen molar-refractivity contribution in [1.82, 2.24) is 4.90 Å². The smallest absolute Gasteiger partial charge is 0.333 e. The number of ether oxygens (including phenoxy) is 1. The predicted octanol–water partition coefficient (Wildman–Crippen LogP) is 1.00. The van der Waals surface area contributed by atoms with E-state index >= 15 is 0 Å². The molecule has 0 fully saturated rings. The molecule has 0 aliphatic heterocycles. The molecule has 0 amide bonds. The summed E-state index contributed by atoms with van der Waals surface area (Å²) in [5.74, 6) is -0.274. The summed E-state index contributed by atoms with van der Waals surface area (Å²) >= 11 is 0. The van der Waals surface area contributed by atoms with E-state index in [1.54, 1.807) is 12.4 Å². The molecule has 4 nitrogen and oxygen atoms in total. The minimum absolute atomic E-state index is 0.0338. The molecule has 0 aromatic carbocycles. The normalized spacial score (nSPS) is 20.2. The average molecular weight is 208 g/mol. The van der Waals surface area contributed by atoms with Crippen molar-refractivity contribution >= 4 is 12.3 Å². The molecule has 0 heterocycles. The lowest BCUT2D eigenvalue weighted by Crippen LogP contribution is -2.16. The highest BCUT2D eigenvalue weighted by molar-refractivity contribution is 5.89. The molecule has 1 rings (SSSR count). The van der Waals surface area contributed by atoms with Gasteiger partial charge in [-0.1, -0.05) is 18.2 Å². The van der Waals surface area contributed by atoms with E-state index in [2.05, 4.69) is 9.73 Å². The Morgan fingerprint density at radius 3 is 3.00 bits per heavy atom. The van der Waals surface area contributed by atoms with E-state index < -0.39 is 0 Å². The van der Waals surface area contributed by atoms with Crippen LogP contribution < -0.4 is 0 Å². The summed E-state index contributed by atoms with van der Waals surface area (Å²) in [4.78, 5) is 17.4. The maximum absolute atomic E-state index is 11.3. The van der Waals surface area contributed by atoms with Crippen LogP contribution in [0.25, 0.3) is 0 Å². The van der Waals surface area contributed by atoms with Crippen molar-refractivity contribution in [3.63, 3.8) is 0 Å². The molecule has 0 spiro atoms. The van der Waals surface area contributed by atoms with Crippen LogP contribution in [0.15, 0.2) is 28.8 Å². The second-order valence-corrected chi connectivity index (χ2v) is 3.57. The van der Waals surface area contributed by atoms with Crippen molar-refractivity contribution in [3.05, 3.63) is 23.8 Å². The predicted molar refractivity (Wildman–Crippen MR) is 59.8 cm³/mol. The van der Waals surface area contributed by atoms with Gasteiger partial charge < -0.3 is 9.64 Å². The minimum Gasteiger partial charge on any atom is -0.466 e. The third kappa shape index (κ3) is 3.58. The second-order valence-electron chi connectivity index (χ2n) is 3.57. The van der Waals surface area contributed by atoms with E-state index in [1.807, 2.05) is 31.1 Å². The van der Waals surface area contributed by atoms with Gasteiger partial charge in [-0.3, -0.25) is 4.99 Å². The van der Waals surface area contributed by atoms with Gasteiger partial charge in [0.15, 0.2) is 0 Å². The Labute approximate surface area is 89.9 Å². The van der Waals surface area contributed by atoms with E-state index in [4.69, 9.17) is 0 Å². The van der Waals surface area contributed by atoms with Crippen LogP contribution in [-0.2, 0) is 9.53 Å². The van der Waals surface area contributed by atoms with Gasteiger partial charge in [0.1, 0.15) is 0 Å². The van der Waals surface area contributed by atoms with Gasteiger partial charge >= 0.3 is 5.97 Å². The SMILES string of the molecule is COC(=O)C1=CC=CC(N=CN(C)C)C1. The highest BCUT2D eigenvalue weighted by Gasteiger charge is 2.16. The fourth-order valence-electron chi connectivity index (χ4n) is 1.27. The number of allylic oxidation sites excluding steroid dienone is 2. The van der Waals surface area contributed by atoms with Crippen LogP contribution in [0, 0.1) is 0 Å². The minimum atomic E-state index is -0.274. The Morgan fingerprint density at radius 2 is 2.40 bits per heavy atom. The molecule has 82 valence electrons. The van der Waals surface area contributed by atoms with Crippen LogP contribution >= 0.6 is 0 Å². The van der Waals surface area contributed by atoms with Crippen LogP contribution in [-0.4, -0.2) is 44.5 Å². The van der Waals surface area contributed by atoms with Gasteiger partial charge in [-0.25, -0.2) is 4.79 Å². The molecule has 0 aromatic heterocycles. The standard InChI is InChI=1S/C11H16N2O2/c1-13(2)8-12-10-6-4-5-9(7-10)11(14)15-3/h4-6,8,10H,7H2,1-3H3. The van der Waals surface area contributed by atoms with E-state index in [-0.39, 0.29) is 12.0 Å². The third-order valence-corrected chi connectivity index (χ3v) is 2.00. The number of carbonyl (C=O) groups is 1. The van der Waals surface area contributed by atoms with Crippen molar-refractivity contribution < 1.29 is 9.53 Å². The zero-order valence-electron chi connectivity index (χ0n) is 9.30. The first-order valence-corrected chi connectivity index (χ1v) is 4.79. The summed E-state index contributed by atoms with van der Waals surface area (Å²) in [5.41, 5.74) is 0.668. The zero-order chi connectivity index (χ0) is 11.3. The van der Waals surface area contributed by atoms with Crippen molar-refractivity contribution in [3.8, 4) is 0 Å². The van der Waals surface area contributed by atoms with Gasteiger partial charge in [0, 0.05) is 26.1 Å². The molecule has 1 aliphatic carbocycles. The molecular weight excluding hydrogens is 192 g/mol. The second kappa shape index (κ2) is 5.34. The molecule has 1 atom stereocenters. The Hall–Kier alpha value is -1.58. The molecule has 4 heteroatoms. The first-order chi connectivity index (χ1) is 7.13. The van der Waals surface area contributed by atoms with Crippen LogP contribution in [0.3, 0.4) is 0 Å². The number of hydrogen-bond acceptors (Lipinski definition) is 3. The van der Waals surface area contributed by atoms with E-state index in [0.29, 0.717) is 12.0 Å². The Balaban J connectivity index is 2.59. The first-order valence-electron chi connectivity index (χ1n) is 4.79. The number of methoxy groups -OCH3 is 1. The average Bonchev–Trinajstić information content (AvgIpc) is 2.25. The Bertz CT molecular complexity index is 317. The molecule has 0 aromatic rings. The maximum atomic E-state index is 11.3. The van der Waals surface area contributed by atoms with Gasteiger partial charge in [-0.2, -0.15) is 0 Å². The largest absolute Gasteiger partial charge is 0.466 e. The fraction of sp³-hybridized carbons (Fsp3) is 0.455. The molecule has 1 aliphatic rings. The zero-order valence-corrected chi connectivity index (χ0v) is 9.30. The van der Waals surface area contributed by atoms with Crippen LogP contribution in [0.2, 0.25) is 0 Å². The first kappa shape index (κ1) is 11.5. The number of rotatable bonds is 3. The third-order valence-electron chi connectivity index (χ3n) is 2.00. The van der Waals surface area contributed by atoms with Crippen molar-refractivity contribution in [1.29, 1.82) is 0 Å². The topological polar surface area (TPSA) is 41.9 Å². The van der Waals surface area contributed by atoms with Crippen LogP contribution in [0.4, 0.5) is 0 Å². The lowest BCUT2D eigenvalue weighted by molar-refractivity contribution is -0.136. The van der Waals surface area contributed by atoms with Crippen molar-refractivity contribution in [2.75, 3.05) is 21.2 Å². The fourth-order valence-corrected chi connectivity index (χ4v) is 1.27. The number of nitrogens with zero attached hydrogens (tertiary/aromatic N) is 2. The van der Waals surface area contributed by atoms with Gasteiger partial charge in [0.25, 0.3) is 0 Å². The highest BCUT2D eigenvalue weighted by atomic mass is 16.5. The molecule has 0 N–H and O–H groups in total. The molecular formula is C11H16N2O2. The van der Waals surface area contributed by atoms with E-state index in [0.717, 1.165) is 0 Å². The van der Waals surface area contributed by atoms with E-state index in [1.165, 1.54) is 7.11 Å². The van der Waals surface area contributed by atoms with Crippen LogP contribution in [0.1, 0.15) is 6.42 Å². The molecule has 15 heavy (non-hydrogen) atoms. The van der Waals surface area contributed by atoms with Crippen molar-refractivity contribution in [2.24, 2.45) is 4.99 Å². The van der Waals surface area contributed by atoms with Gasteiger partial charge in [0.2, 0.25) is 0 Å². The van der Waals surface area contributed by atoms with Crippen LogP contribution in [0.5, 0.6) is 0 Å². The Morgan fingerprint density at radius 1 is 1.67 bits per heavy atom. The molecule has 0 bridgehead atoms. The summed E-state index contributed by atoms with van der Waals surface area (Å²) in [6, 6.07) is 0.0338. The maximum Gasteiger partial charge on any atom is 0.333 e. The quantitative estimate of drug-likeness (QED) is 0.395. The number of carbonyl (C=O) groups excluding carboxylic acids is 1. The van der Waals surface area contributed by atoms with E-state index in [9.17, 15) is 4.79 Å².